The second kappa shape index (κ2) is 10.4. The number of aromatic carboxylic acids is 1. The van der Waals surface area contributed by atoms with E-state index in [0.717, 1.165) is 18.8 Å². The fourth-order valence-corrected chi connectivity index (χ4v) is 3.08. The van der Waals surface area contributed by atoms with Crippen LogP contribution in [0.2, 0.25) is 0 Å². The number of carbonyl (C=O) groups excluding carboxylic acids is 2. The molecule has 29 heavy (non-hydrogen) atoms. The van der Waals surface area contributed by atoms with Gasteiger partial charge in [0.2, 0.25) is 0 Å². The van der Waals surface area contributed by atoms with Crippen molar-refractivity contribution in [3.05, 3.63) is 65.8 Å². The number of hydrogen-bond acceptors (Lipinski definition) is 5. The molecule has 3 rings (SSSR count). The molecule has 0 atom stereocenters. The standard InChI is InChI=1S/C11H13NO3.C11H13NO2/c13-11(14)9-2-1-3-10(8-9)12-4-6-15-7-5-12;1-4-7-9-8(5-2)10(13)12(6-3)11(9)14/h1-3,8H,4-7H2,(H,13,14);4-5,7H,2,6H2,1,3H3/b;7-4-. The number of ether oxygens (including phenoxy) is 1. The molecule has 7 nitrogen and oxygen atoms in total. The fraction of sp³-hybridized carbons (Fsp3) is 0.318. The Morgan fingerprint density at radius 3 is 2.41 bits per heavy atom. The number of anilines is 1. The van der Waals surface area contributed by atoms with Crippen LogP contribution >= 0.6 is 0 Å². The van der Waals surface area contributed by atoms with E-state index in [2.05, 4.69) is 11.5 Å². The summed E-state index contributed by atoms with van der Waals surface area (Å²) < 4.78 is 5.24. The van der Waals surface area contributed by atoms with Gasteiger partial charge in [-0.2, -0.15) is 0 Å². The Hall–Kier alpha value is -3.19. The normalized spacial score (nSPS) is 16.9. The fourth-order valence-electron chi connectivity index (χ4n) is 3.08. The molecule has 0 bridgehead atoms. The molecule has 2 heterocycles. The lowest BCUT2D eigenvalue weighted by molar-refractivity contribution is -0.137. The van der Waals surface area contributed by atoms with Gasteiger partial charge in [0.15, 0.2) is 0 Å². The molecule has 0 radical (unpaired) electrons. The average molecular weight is 398 g/mol. The van der Waals surface area contributed by atoms with Crippen molar-refractivity contribution in [2.45, 2.75) is 13.8 Å². The Labute approximate surface area is 170 Å². The largest absolute Gasteiger partial charge is 0.478 e. The maximum Gasteiger partial charge on any atom is 0.335 e. The third kappa shape index (κ3) is 5.20. The highest BCUT2D eigenvalue weighted by molar-refractivity contribution is 6.21. The number of likely N-dealkylation sites (N-methyl/N-ethyl adjacent to an activating group) is 1. The summed E-state index contributed by atoms with van der Waals surface area (Å²) in [4.78, 5) is 37.4. The first-order chi connectivity index (χ1) is 13.9. The minimum absolute atomic E-state index is 0.231. The Morgan fingerprint density at radius 2 is 1.86 bits per heavy atom. The quantitative estimate of drug-likeness (QED) is 0.768. The minimum atomic E-state index is -0.884. The summed E-state index contributed by atoms with van der Waals surface area (Å²) >= 11 is 0. The molecule has 0 spiro atoms. The molecule has 1 aromatic carbocycles. The predicted molar refractivity (Wildman–Crippen MR) is 111 cm³/mol. The molecule has 0 aromatic heterocycles. The minimum Gasteiger partial charge on any atom is -0.478 e. The first-order valence-corrected chi connectivity index (χ1v) is 9.46. The van der Waals surface area contributed by atoms with Crippen molar-refractivity contribution in [1.82, 2.24) is 4.90 Å². The predicted octanol–water partition coefficient (Wildman–Crippen LogP) is 2.66. The van der Waals surface area contributed by atoms with Gasteiger partial charge in [-0.15, -0.1) is 0 Å². The number of carboxylic acid groups (broad SMARTS) is 1. The molecular weight excluding hydrogens is 372 g/mol. The van der Waals surface area contributed by atoms with Crippen molar-refractivity contribution < 1.29 is 24.2 Å². The Bertz CT molecular complexity index is 851. The third-order valence-electron chi connectivity index (χ3n) is 4.56. The number of imide groups is 1. The van der Waals surface area contributed by atoms with Gasteiger partial charge in [-0.3, -0.25) is 14.5 Å². The summed E-state index contributed by atoms with van der Waals surface area (Å²) in [5.41, 5.74) is 2.13. The number of benzene rings is 1. The van der Waals surface area contributed by atoms with Crippen LogP contribution in [0.15, 0.2) is 60.2 Å². The second-order valence-corrected chi connectivity index (χ2v) is 6.34. The van der Waals surface area contributed by atoms with Crippen molar-refractivity contribution in [3.8, 4) is 0 Å². The number of carboxylic acids is 1. The van der Waals surface area contributed by atoms with Gasteiger partial charge in [0.05, 0.1) is 29.9 Å². The summed E-state index contributed by atoms with van der Waals surface area (Å²) in [6.07, 6.45) is 4.82. The van der Waals surface area contributed by atoms with E-state index in [4.69, 9.17) is 9.84 Å². The average Bonchev–Trinajstić information content (AvgIpc) is 2.98. The zero-order valence-corrected chi connectivity index (χ0v) is 16.8. The lowest BCUT2D eigenvalue weighted by Gasteiger charge is -2.28. The van der Waals surface area contributed by atoms with Crippen LogP contribution in [-0.4, -0.2) is 60.6 Å². The molecule has 1 aromatic rings. The van der Waals surface area contributed by atoms with Crippen molar-refractivity contribution in [2.24, 2.45) is 0 Å². The van der Waals surface area contributed by atoms with Gasteiger partial charge < -0.3 is 14.7 Å². The molecule has 154 valence electrons. The number of allylic oxidation sites excluding steroid dienone is 1. The van der Waals surface area contributed by atoms with Gasteiger partial charge in [-0.05, 0) is 32.0 Å². The first-order valence-electron chi connectivity index (χ1n) is 9.46. The lowest BCUT2D eigenvalue weighted by Crippen LogP contribution is -2.36. The molecule has 1 saturated heterocycles. The van der Waals surface area contributed by atoms with Crippen LogP contribution in [0.4, 0.5) is 5.69 Å². The van der Waals surface area contributed by atoms with Gasteiger partial charge in [0.1, 0.15) is 0 Å². The van der Waals surface area contributed by atoms with E-state index >= 15 is 0 Å². The molecule has 2 amide bonds. The Morgan fingerprint density at radius 1 is 1.21 bits per heavy atom. The number of carbonyl (C=O) groups is 3. The molecule has 0 saturated carbocycles. The van der Waals surface area contributed by atoms with Gasteiger partial charge in [-0.1, -0.05) is 30.9 Å². The van der Waals surface area contributed by atoms with Crippen LogP contribution in [0.3, 0.4) is 0 Å². The van der Waals surface area contributed by atoms with Crippen LogP contribution in [-0.2, 0) is 14.3 Å². The van der Waals surface area contributed by atoms with E-state index in [0.29, 0.717) is 36.5 Å². The van der Waals surface area contributed by atoms with Crippen LogP contribution < -0.4 is 4.90 Å². The number of rotatable bonds is 5. The molecule has 0 unspecified atom stereocenters. The SMILES string of the molecule is C=CC1=C(/C=C\C)C(=O)N(CC)C1=O.O=C(O)c1cccc(N2CCOCC2)c1. The summed E-state index contributed by atoms with van der Waals surface area (Å²) in [6, 6.07) is 7.01. The van der Waals surface area contributed by atoms with Crippen molar-refractivity contribution in [2.75, 3.05) is 37.7 Å². The molecule has 1 N–H and O–H groups in total. The molecular formula is C22H26N2O5. The van der Waals surface area contributed by atoms with E-state index in [1.807, 2.05) is 6.07 Å². The van der Waals surface area contributed by atoms with E-state index in [9.17, 15) is 14.4 Å². The van der Waals surface area contributed by atoms with Gasteiger partial charge in [-0.25, -0.2) is 4.79 Å². The van der Waals surface area contributed by atoms with Crippen LogP contribution in [0.5, 0.6) is 0 Å². The second-order valence-electron chi connectivity index (χ2n) is 6.34. The topological polar surface area (TPSA) is 87.2 Å². The number of hydrogen-bond donors (Lipinski definition) is 1. The maximum atomic E-state index is 11.7. The third-order valence-corrected chi connectivity index (χ3v) is 4.56. The lowest BCUT2D eigenvalue weighted by atomic mass is 10.1. The number of nitrogens with zero attached hydrogens (tertiary/aromatic N) is 2. The molecule has 2 aliphatic rings. The summed E-state index contributed by atoms with van der Waals surface area (Å²) in [6.45, 7) is 10.6. The van der Waals surface area contributed by atoms with E-state index < -0.39 is 5.97 Å². The van der Waals surface area contributed by atoms with E-state index in [1.54, 1.807) is 44.2 Å². The maximum absolute atomic E-state index is 11.7. The number of morpholine rings is 1. The van der Waals surface area contributed by atoms with Crippen LogP contribution in [0, 0.1) is 0 Å². The highest BCUT2D eigenvalue weighted by Gasteiger charge is 2.33. The van der Waals surface area contributed by atoms with Crippen molar-refractivity contribution in [1.29, 1.82) is 0 Å². The molecule has 1 fully saturated rings. The zero-order valence-electron chi connectivity index (χ0n) is 16.8. The Balaban J connectivity index is 0.000000208. The summed E-state index contributed by atoms with van der Waals surface area (Å²) in [5.74, 6) is -1.36. The van der Waals surface area contributed by atoms with Crippen molar-refractivity contribution in [3.63, 3.8) is 0 Å². The van der Waals surface area contributed by atoms with Gasteiger partial charge >= 0.3 is 5.97 Å². The Kier molecular flexibility index (Phi) is 7.91. The first kappa shape index (κ1) is 22.1. The van der Waals surface area contributed by atoms with Crippen LogP contribution in [0.1, 0.15) is 24.2 Å². The van der Waals surface area contributed by atoms with Crippen molar-refractivity contribution >= 4 is 23.5 Å². The highest BCUT2D eigenvalue weighted by atomic mass is 16.5. The summed E-state index contributed by atoms with van der Waals surface area (Å²) in [7, 11) is 0. The van der Waals surface area contributed by atoms with E-state index in [-0.39, 0.29) is 11.8 Å². The molecule has 7 heteroatoms. The van der Waals surface area contributed by atoms with E-state index in [1.165, 1.54) is 11.0 Å². The monoisotopic (exact) mass is 398 g/mol. The molecule has 2 aliphatic heterocycles. The smallest absolute Gasteiger partial charge is 0.335 e. The zero-order chi connectivity index (χ0) is 21.4. The highest BCUT2D eigenvalue weighted by Crippen LogP contribution is 2.22. The molecule has 0 aliphatic carbocycles. The van der Waals surface area contributed by atoms with Gasteiger partial charge in [0.25, 0.3) is 11.8 Å². The van der Waals surface area contributed by atoms with Gasteiger partial charge in [0, 0.05) is 25.3 Å². The number of amides is 2. The van der Waals surface area contributed by atoms with Crippen LogP contribution in [0.25, 0.3) is 0 Å². The summed E-state index contributed by atoms with van der Waals surface area (Å²) in [5, 5.41) is 8.86.